The molecule has 3 rings (SSSR count). The summed E-state index contributed by atoms with van der Waals surface area (Å²) in [5.74, 6) is -3.05. The Bertz CT molecular complexity index is 1050. The Balaban J connectivity index is 1.76. The second-order valence-corrected chi connectivity index (χ2v) is 6.65. The second kappa shape index (κ2) is 10.7. The largest absolute Gasteiger partial charge is 0.493 e. The van der Waals surface area contributed by atoms with Crippen LogP contribution in [0.25, 0.3) is 0 Å². The lowest BCUT2D eigenvalue weighted by molar-refractivity contribution is -0.141. The van der Waals surface area contributed by atoms with Gasteiger partial charge in [-0.3, -0.25) is 14.4 Å². The number of amides is 2. The molecule has 9 heteroatoms. The number of benzene rings is 2. The maximum Gasteiger partial charge on any atom is 0.325 e. The molecule has 164 valence electrons. The molecular weight excluding hydrogens is 412 g/mol. The van der Waals surface area contributed by atoms with E-state index in [4.69, 9.17) is 4.74 Å². The van der Waals surface area contributed by atoms with Crippen LogP contribution in [-0.4, -0.2) is 46.0 Å². The molecule has 0 aliphatic rings. The number of esters is 1. The molecule has 0 saturated heterocycles. The van der Waals surface area contributed by atoms with Crippen LogP contribution in [-0.2, 0) is 9.53 Å². The first kappa shape index (κ1) is 22.4. The minimum absolute atomic E-state index is 0.183. The van der Waals surface area contributed by atoms with Crippen molar-refractivity contribution < 1.29 is 24.2 Å². The van der Waals surface area contributed by atoms with Crippen LogP contribution < -0.4 is 10.6 Å². The number of carbonyl (C=O) groups excluding carboxylic acids is 3. The number of carbonyl (C=O) groups is 3. The van der Waals surface area contributed by atoms with Gasteiger partial charge in [0.15, 0.2) is 0 Å². The summed E-state index contributed by atoms with van der Waals surface area (Å²) in [6.07, 6.45) is 1.06. The van der Waals surface area contributed by atoms with E-state index in [0.717, 1.165) is 17.3 Å². The molecule has 0 atom stereocenters. The molecule has 0 aliphatic heterocycles. The van der Waals surface area contributed by atoms with Gasteiger partial charge in [0.05, 0.1) is 12.6 Å². The highest BCUT2D eigenvalue weighted by Crippen LogP contribution is 2.23. The molecule has 0 radical (unpaired) electrons. The van der Waals surface area contributed by atoms with E-state index in [1.807, 2.05) is 60.7 Å². The molecule has 2 amide bonds. The molecule has 3 aromatic rings. The molecular formula is C23H22N4O5. The van der Waals surface area contributed by atoms with E-state index < -0.39 is 29.7 Å². The molecule has 3 N–H and O–H groups in total. The van der Waals surface area contributed by atoms with Crippen LogP contribution in [0, 0.1) is 0 Å². The number of aromatic hydroxyl groups is 1. The van der Waals surface area contributed by atoms with E-state index in [1.165, 1.54) is 0 Å². The lowest BCUT2D eigenvalue weighted by atomic mass is 9.98. The molecule has 9 nitrogen and oxygen atoms in total. The van der Waals surface area contributed by atoms with Crippen molar-refractivity contribution >= 4 is 17.8 Å². The van der Waals surface area contributed by atoms with Gasteiger partial charge in [-0.15, -0.1) is 0 Å². The minimum Gasteiger partial charge on any atom is -0.493 e. The number of rotatable bonds is 8. The zero-order valence-corrected chi connectivity index (χ0v) is 17.3. The normalized spacial score (nSPS) is 10.4. The number of ether oxygens (including phenoxy) is 1. The Hall–Kier alpha value is -4.27. The van der Waals surface area contributed by atoms with Gasteiger partial charge >= 0.3 is 5.97 Å². The molecule has 0 aliphatic carbocycles. The molecule has 0 fully saturated rings. The summed E-state index contributed by atoms with van der Waals surface area (Å²) in [5.41, 5.74) is 1.51. The van der Waals surface area contributed by atoms with Crippen molar-refractivity contribution in [2.75, 3.05) is 13.2 Å². The van der Waals surface area contributed by atoms with Gasteiger partial charge in [0, 0.05) is 6.20 Å². The first-order valence-electron chi connectivity index (χ1n) is 9.90. The number of nitrogens with zero attached hydrogens (tertiary/aromatic N) is 2. The first-order chi connectivity index (χ1) is 15.5. The fourth-order valence-corrected chi connectivity index (χ4v) is 2.94. The van der Waals surface area contributed by atoms with Crippen LogP contribution in [0.15, 0.2) is 66.9 Å². The van der Waals surface area contributed by atoms with Gasteiger partial charge in [-0.1, -0.05) is 60.7 Å². The van der Waals surface area contributed by atoms with E-state index in [9.17, 15) is 19.5 Å². The lowest BCUT2D eigenvalue weighted by Gasteiger charge is -2.20. The molecule has 2 aromatic carbocycles. The van der Waals surface area contributed by atoms with Crippen molar-refractivity contribution in [1.82, 2.24) is 20.6 Å². The monoisotopic (exact) mass is 434 g/mol. The van der Waals surface area contributed by atoms with E-state index in [-0.39, 0.29) is 24.5 Å². The molecule has 1 heterocycles. The van der Waals surface area contributed by atoms with Gasteiger partial charge in [0.25, 0.3) is 11.8 Å². The Kier molecular flexibility index (Phi) is 7.47. The van der Waals surface area contributed by atoms with Gasteiger partial charge in [-0.05, 0) is 18.1 Å². The van der Waals surface area contributed by atoms with E-state index in [0.29, 0.717) is 0 Å². The number of aromatic nitrogens is 2. The van der Waals surface area contributed by atoms with Gasteiger partial charge in [0.2, 0.25) is 11.7 Å². The van der Waals surface area contributed by atoms with Crippen LogP contribution in [0.5, 0.6) is 5.88 Å². The smallest absolute Gasteiger partial charge is 0.325 e. The summed E-state index contributed by atoms with van der Waals surface area (Å²) in [4.78, 5) is 43.8. The minimum atomic E-state index is -0.785. The lowest BCUT2D eigenvalue weighted by Crippen LogP contribution is -2.32. The maximum atomic E-state index is 12.9. The standard InChI is InChI=1S/C23H22N4O5/c1-2-32-18(28)14-25-23(31)20-24-13-17(22(30)27-20)21(29)26-19(15-9-5-3-6-10-15)16-11-7-4-8-12-16/h3-13,19H,2,14H2,1H3,(H,25,31)(H,26,29)(H,24,27,30). The Morgan fingerprint density at radius 1 is 0.969 bits per heavy atom. The quantitative estimate of drug-likeness (QED) is 0.462. The molecule has 0 saturated carbocycles. The Labute approximate surface area is 184 Å². The molecule has 1 aromatic heterocycles. The number of nitrogens with one attached hydrogen (secondary N) is 2. The third-order valence-electron chi connectivity index (χ3n) is 4.46. The summed E-state index contributed by atoms with van der Waals surface area (Å²) >= 11 is 0. The summed E-state index contributed by atoms with van der Waals surface area (Å²) in [7, 11) is 0. The summed E-state index contributed by atoms with van der Waals surface area (Å²) in [6, 6.07) is 18.2. The van der Waals surface area contributed by atoms with E-state index in [2.05, 4.69) is 20.6 Å². The zero-order valence-electron chi connectivity index (χ0n) is 17.3. The fourth-order valence-electron chi connectivity index (χ4n) is 2.94. The molecule has 32 heavy (non-hydrogen) atoms. The highest BCUT2D eigenvalue weighted by Gasteiger charge is 2.22. The number of hydrogen-bond donors (Lipinski definition) is 3. The third-order valence-corrected chi connectivity index (χ3v) is 4.46. The van der Waals surface area contributed by atoms with Crippen molar-refractivity contribution in [2.45, 2.75) is 13.0 Å². The van der Waals surface area contributed by atoms with E-state index in [1.54, 1.807) is 6.92 Å². The summed E-state index contributed by atoms with van der Waals surface area (Å²) < 4.78 is 4.72. The molecule has 0 bridgehead atoms. The Morgan fingerprint density at radius 2 is 1.56 bits per heavy atom. The van der Waals surface area contributed by atoms with Crippen LogP contribution in [0.4, 0.5) is 0 Å². The van der Waals surface area contributed by atoms with Gasteiger partial charge in [0.1, 0.15) is 12.1 Å². The molecule has 0 spiro atoms. The number of hydrogen-bond acceptors (Lipinski definition) is 7. The van der Waals surface area contributed by atoms with Gasteiger partial charge in [-0.25, -0.2) is 4.98 Å². The fraction of sp³-hybridized carbons (Fsp3) is 0.174. The third kappa shape index (κ3) is 5.66. The predicted octanol–water partition coefficient (Wildman–Crippen LogP) is 1.99. The SMILES string of the molecule is CCOC(=O)CNC(=O)c1ncc(C(=O)NC(c2ccccc2)c2ccccc2)c(O)n1. The Morgan fingerprint density at radius 3 is 2.09 bits per heavy atom. The maximum absolute atomic E-state index is 12.9. The van der Waals surface area contributed by atoms with Crippen LogP contribution in [0.3, 0.4) is 0 Å². The highest BCUT2D eigenvalue weighted by molar-refractivity contribution is 5.98. The topological polar surface area (TPSA) is 131 Å². The van der Waals surface area contributed by atoms with Crippen molar-refractivity contribution in [3.8, 4) is 5.88 Å². The highest BCUT2D eigenvalue weighted by atomic mass is 16.5. The summed E-state index contributed by atoms with van der Waals surface area (Å²) in [5, 5.41) is 15.4. The zero-order chi connectivity index (χ0) is 22.9. The predicted molar refractivity (Wildman–Crippen MR) is 115 cm³/mol. The van der Waals surface area contributed by atoms with Crippen LogP contribution >= 0.6 is 0 Å². The van der Waals surface area contributed by atoms with E-state index >= 15 is 0 Å². The second-order valence-electron chi connectivity index (χ2n) is 6.65. The van der Waals surface area contributed by atoms with Crippen molar-refractivity contribution in [2.24, 2.45) is 0 Å². The van der Waals surface area contributed by atoms with Crippen LogP contribution in [0.2, 0.25) is 0 Å². The molecule has 0 unspecified atom stereocenters. The van der Waals surface area contributed by atoms with Crippen LogP contribution in [0.1, 0.15) is 45.1 Å². The average molecular weight is 434 g/mol. The van der Waals surface area contributed by atoms with Gasteiger partial charge in [-0.2, -0.15) is 4.98 Å². The van der Waals surface area contributed by atoms with Gasteiger partial charge < -0.3 is 20.5 Å². The summed E-state index contributed by atoms with van der Waals surface area (Å²) in [6.45, 7) is 1.46. The van der Waals surface area contributed by atoms with Crippen molar-refractivity contribution in [1.29, 1.82) is 0 Å². The first-order valence-corrected chi connectivity index (χ1v) is 9.90. The van der Waals surface area contributed by atoms with Crippen molar-refractivity contribution in [3.63, 3.8) is 0 Å². The average Bonchev–Trinajstić information content (AvgIpc) is 2.82. The van der Waals surface area contributed by atoms with Crippen molar-refractivity contribution in [3.05, 3.63) is 89.4 Å².